The highest BCUT2D eigenvalue weighted by molar-refractivity contribution is 7.39. The van der Waals surface area contributed by atoms with Gasteiger partial charge in [0.25, 0.3) is 0 Å². The highest BCUT2D eigenvalue weighted by atomic mass is 31.1. The van der Waals surface area contributed by atoms with Gasteiger partial charge in [-0.2, -0.15) is 13.7 Å². The van der Waals surface area contributed by atoms with Crippen LogP contribution in [-0.4, -0.2) is 28.3 Å². The Hall–Kier alpha value is -0.160. The van der Waals surface area contributed by atoms with Crippen LogP contribution in [0.5, 0.6) is 0 Å². The maximum absolute atomic E-state index is 12.2. The van der Waals surface area contributed by atoms with Gasteiger partial charge >= 0.3 is 13.7 Å². The third kappa shape index (κ3) is 3.67. The number of rotatable bonds is 4. The number of nitrogens with two attached hydrogens (primary N) is 1. The molecule has 0 saturated carbocycles. The minimum atomic E-state index is -3.74. The molecule has 0 fully saturated rings. The maximum atomic E-state index is 12.2. The molecule has 2 atom stereocenters. The molecule has 7 heteroatoms. The van der Waals surface area contributed by atoms with Gasteiger partial charge in [-0.05, 0) is 4.57 Å². The van der Waals surface area contributed by atoms with Crippen LogP contribution in [-0.2, 0) is 4.57 Å². The molecule has 0 amide bonds. The van der Waals surface area contributed by atoms with Crippen LogP contribution < -0.4 is 5.73 Å². The van der Waals surface area contributed by atoms with Crippen molar-refractivity contribution in [3.8, 4) is 0 Å². The lowest BCUT2D eigenvalue weighted by molar-refractivity contribution is 0.0230. The van der Waals surface area contributed by atoms with E-state index in [4.69, 9.17) is 15.7 Å². The van der Waals surface area contributed by atoms with E-state index in [2.05, 4.69) is 0 Å². The molecule has 0 aromatic heterocycles. The second kappa shape index (κ2) is 4.01. The quantitative estimate of drug-likeness (QED) is 0.543. The summed E-state index contributed by atoms with van der Waals surface area (Å²) < 4.78 is 34.4. The van der Waals surface area contributed by atoms with Gasteiger partial charge in [0.05, 0.1) is 12.5 Å². The molecular weight excluding hydrogens is 179 g/mol. The van der Waals surface area contributed by atoms with Crippen molar-refractivity contribution in [1.82, 2.24) is 0 Å². The van der Waals surface area contributed by atoms with Crippen molar-refractivity contribution in [2.45, 2.75) is 18.2 Å². The fraction of sp³-hybridized carbons (Fsp3) is 1.00. The fourth-order valence-corrected chi connectivity index (χ4v) is 0.812. The van der Waals surface area contributed by atoms with Crippen LogP contribution in [0.4, 0.5) is 8.78 Å². The van der Waals surface area contributed by atoms with Gasteiger partial charge in [-0.3, -0.25) is 0 Å². The molecule has 2 unspecified atom stereocenters. The van der Waals surface area contributed by atoms with Gasteiger partial charge in [0.1, 0.15) is 0 Å². The Morgan fingerprint density at radius 2 is 2.09 bits per heavy atom. The molecule has 66 valence electrons. The molecule has 0 aromatic carbocycles. The number of halogens is 2. The van der Waals surface area contributed by atoms with Crippen molar-refractivity contribution in [2.24, 2.45) is 5.73 Å². The Morgan fingerprint density at radius 3 is 2.36 bits per heavy atom. The molecule has 4 N–H and O–H groups in total. The van der Waals surface area contributed by atoms with E-state index in [1.54, 1.807) is 0 Å². The zero-order valence-corrected chi connectivity index (χ0v) is 6.47. The summed E-state index contributed by atoms with van der Waals surface area (Å²) >= 11 is 0. The molecule has 0 spiro atoms. The first kappa shape index (κ1) is 10.8. The van der Waals surface area contributed by atoms with Crippen molar-refractivity contribution in [3.63, 3.8) is 0 Å². The van der Waals surface area contributed by atoms with E-state index in [0.29, 0.717) is 0 Å². The topological polar surface area (TPSA) is 83.5 Å². The Morgan fingerprint density at radius 1 is 1.64 bits per heavy atom. The van der Waals surface area contributed by atoms with Crippen molar-refractivity contribution in [1.29, 1.82) is 0 Å². The molecule has 0 rings (SSSR count). The van der Waals surface area contributed by atoms with E-state index in [-0.39, 0.29) is 6.54 Å². The molecule has 0 heterocycles. The van der Waals surface area contributed by atoms with Crippen LogP contribution in [0.25, 0.3) is 0 Å². The first-order valence-electron chi connectivity index (χ1n) is 2.82. The van der Waals surface area contributed by atoms with Crippen LogP contribution in [0.1, 0.15) is 6.42 Å². The third-order valence-electron chi connectivity index (χ3n) is 1.03. The lowest BCUT2D eigenvalue weighted by Gasteiger charge is -2.07. The molecule has 0 aliphatic rings. The van der Waals surface area contributed by atoms with Crippen LogP contribution in [0.15, 0.2) is 0 Å². The largest absolute Gasteiger partial charge is 0.583 e. The molecule has 0 saturated heterocycles. The summed E-state index contributed by atoms with van der Waals surface area (Å²) in [6.07, 6.45) is -2.51. The second-order valence-electron chi connectivity index (χ2n) is 2.03. The lowest BCUT2D eigenvalue weighted by Crippen LogP contribution is -2.27. The number of hydrogen-bond acceptors (Lipinski definition) is 3. The number of aliphatic hydroxyl groups excluding tert-OH is 1. The number of hydrogen-bond donors (Lipinski definition) is 3. The smallest absolute Gasteiger partial charge is 0.391 e. The fourth-order valence-electron chi connectivity index (χ4n) is 0.445. The summed E-state index contributed by atoms with van der Waals surface area (Å²) in [6, 6.07) is 0. The molecule has 0 bridgehead atoms. The average Bonchev–Trinajstić information content (AvgIpc) is 1.86. The van der Waals surface area contributed by atoms with Crippen molar-refractivity contribution in [3.05, 3.63) is 0 Å². The van der Waals surface area contributed by atoms with E-state index in [9.17, 15) is 13.3 Å². The predicted molar refractivity (Wildman–Crippen MR) is 34.5 cm³/mol. The normalized spacial score (nSPS) is 16.3. The van der Waals surface area contributed by atoms with E-state index >= 15 is 0 Å². The monoisotopic (exact) mass is 188 g/mol. The molecule has 11 heavy (non-hydrogen) atoms. The minimum Gasteiger partial charge on any atom is -0.391 e. The Labute approximate surface area is 62.9 Å². The van der Waals surface area contributed by atoms with Crippen LogP contribution >= 0.6 is 8.03 Å². The predicted octanol–water partition coefficient (Wildman–Crippen LogP) is 0.0236. The molecule has 0 radical (unpaired) electrons. The van der Waals surface area contributed by atoms with E-state index in [1.165, 1.54) is 0 Å². The van der Waals surface area contributed by atoms with E-state index in [1.807, 2.05) is 0 Å². The summed E-state index contributed by atoms with van der Waals surface area (Å²) in [5, 5.41) is 8.60. The first-order chi connectivity index (χ1) is 4.90. The highest BCUT2D eigenvalue weighted by Gasteiger charge is 2.52. The van der Waals surface area contributed by atoms with Gasteiger partial charge in [0, 0.05) is 6.54 Å². The molecular formula is C4H9F2NO3P+. The molecule has 0 aliphatic heterocycles. The summed E-state index contributed by atoms with van der Waals surface area (Å²) in [6.45, 7) is -0.348. The standard InChI is InChI=1S/C4H8F2NO3P/c5-4(6,11(9)10)1-3(8)2-7/h3,8H,1-2,7H2/p+1. The highest BCUT2D eigenvalue weighted by Crippen LogP contribution is 2.41. The van der Waals surface area contributed by atoms with Gasteiger partial charge in [-0.25, -0.2) is 0 Å². The first-order valence-corrected chi connectivity index (χ1v) is 4.03. The zero-order valence-electron chi connectivity index (χ0n) is 5.57. The van der Waals surface area contributed by atoms with Gasteiger partial charge < -0.3 is 10.8 Å². The molecule has 0 aromatic rings. The zero-order chi connectivity index (χ0) is 9.07. The van der Waals surface area contributed by atoms with E-state index in [0.717, 1.165) is 0 Å². The SMILES string of the molecule is NCC(O)CC(F)(F)[P+](=O)O. The summed E-state index contributed by atoms with van der Waals surface area (Å²) in [5.41, 5.74) is 1.08. The van der Waals surface area contributed by atoms with Gasteiger partial charge in [0.2, 0.25) is 0 Å². The summed E-state index contributed by atoms with van der Waals surface area (Å²) in [7, 11) is -3.58. The van der Waals surface area contributed by atoms with Crippen LogP contribution in [0.2, 0.25) is 0 Å². The Bertz CT molecular complexity index is 154. The Balaban J connectivity index is 4.01. The number of alkyl halides is 2. The molecule has 0 aliphatic carbocycles. The maximum Gasteiger partial charge on any atom is 0.583 e. The second-order valence-corrected chi connectivity index (χ2v) is 3.23. The Kier molecular flexibility index (Phi) is 3.96. The summed E-state index contributed by atoms with van der Waals surface area (Å²) in [4.78, 5) is 8.03. The average molecular weight is 188 g/mol. The van der Waals surface area contributed by atoms with Crippen molar-refractivity contribution >= 4 is 8.03 Å². The van der Waals surface area contributed by atoms with Crippen LogP contribution in [0.3, 0.4) is 0 Å². The van der Waals surface area contributed by atoms with Gasteiger partial charge in [-0.1, -0.05) is 0 Å². The van der Waals surface area contributed by atoms with Crippen LogP contribution in [0, 0.1) is 0 Å². The van der Waals surface area contributed by atoms with Gasteiger partial charge in [0.15, 0.2) is 0 Å². The van der Waals surface area contributed by atoms with Gasteiger partial charge in [-0.15, -0.1) is 0 Å². The van der Waals surface area contributed by atoms with Crippen molar-refractivity contribution in [2.75, 3.05) is 6.54 Å². The van der Waals surface area contributed by atoms with Crippen molar-refractivity contribution < 1.29 is 23.3 Å². The number of aliphatic hydroxyl groups is 1. The lowest BCUT2D eigenvalue weighted by atomic mass is 10.3. The third-order valence-corrected chi connectivity index (χ3v) is 1.78. The molecule has 4 nitrogen and oxygen atoms in total. The summed E-state index contributed by atoms with van der Waals surface area (Å²) in [5.74, 6) is 0. The van der Waals surface area contributed by atoms with E-state index < -0.39 is 26.2 Å². The minimum absolute atomic E-state index is 0.348.